The summed E-state index contributed by atoms with van der Waals surface area (Å²) in [6.45, 7) is 4.20. The third-order valence-corrected chi connectivity index (χ3v) is 3.99. The Labute approximate surface area is 109 Å². The van der Waals surface area contributed by atoms with Crippen LogP contribution in [0.25, 0.3) is 0 Å². The predicted octanol–water partition coefficient (Wildman–Crippen LogP) is 2.70. The van der Waals surface area contributed by atoms with Crippen LogP contribution >= 0.6 is 0 Å². The Morgan fingerprint density at radius 3 is 3.06 bits per heavy atom. The molecule has 18 heavy (non-hydrogen) atoms. The van der Waals surface area contributed by atoms with Crippen LogP contribution in [0.1, 0.15) is 51.1 Å². The second kappa shape index (κ2) is 5.31. The molecule has 0 bridgehead atoms. The second-order valence-corrected chi connectivity index (χ2v) is 5.67. The van der Waals surface area contributed by atoms with Crippen molar-refractivity contribution in [2.75, 3.05) is 11.4 Å². The molecular formula is C14H23N3O. The first-order valence-corrected chi connectivity index (χ1v) is 7.27. The third-order valence-electron chi connectivity index (χ3n) is 3.99. The molecule has 3 rings (SSSR count). The summed E-state index contributed by atoms with van der Waals surface area (Å²) in [5, 5.41) is 3.47. The highest BCUT2D eigenvalue weighted by atomic mass is 16.4. The maximum absolute atomic E-state index is 5.66. The molecule has 1 saturated heterocycles. The molecule has 1 aromatic heterocycles. The summed E-state index contributed by atoms with van der Waals surface area (Å²) in [6.07, 6.45) is 9.59. The molecule has 1 aromatic rings. The maximum atomic E-state index is 5.66. The van der Waals surface area contributed by atoms with Gasteiger partial charge in [-0.15, -0.1) is 0 Å². The Morgan fingerprint density at radius 2 is 2.22 bits per heavy atom. The third kappa shape index (κ3) is 2.86. The van der Waals surface area contributed by atoms with Gasteiger partial charge in [-0.2, -0.15) is 4.98 Å². The molecule has 2 aliphatic rings. The lowest BCUT2D eigenvalue weighted by Gasteiger charge is -2.24. The van der Waals surface area contributed by atoms with Crippen LogP contribution in [0, 0.1) is 0 Å². The standard InChI is InChI=1S/C14H23N3O/c1-11-5-3-2-4-8-17(11)14-16-13(10-18-14)9-15-12-6-7-12/h10-12,15H,2-9H2,1H3. The molecule has 0 radical (unpaired) electrons. The van der Waals surface area contributed by atoms with Crippen LogP contribution in [0.15, 0.2) is 10.7 Å². The molecule has 1 atom stereocenters. The van der Waals surface area contributed by atoms with Gasteiger partial charge in [0.05, 0.1) is 5.69 Å². The number of hydrogen-bond donors (Lipinski definition) is 1. The number of anilines is 1. The van der Waals surface area contributed by atoms with Crippen molar-refractivity contribution in [2.24, 2.45) is 0 Å². The van der Waals surface area contributed by atoms with Gasteiger partial charge in [0.25, 0.3) is 6.01 Å². The van der Waals surface area contributed by atoms with Gasteiger partial charge in [0.1, 0.15) is 6.26 Å². The summed E-state index contributed by atoms with van der Waals surface area (Å²) in [7, 11) is 0. The molecule has 1 saturated carbocycles. The van der Waals surface area contributed by atoms with Crippen LogP contribution in [0.5, 0.6) is 0 Å². The summed E-state index contributed by atoms with van der Waals surface area (Å²) in [5.41, 5.74) is 1.04. The largest absolute Gasteiger partial charge is 0.432 e. The number of oxazole rings is 1. The van der Waals surface area contributed by atoms with E-state index in [1.54, 1.807) is 0 Å². The number of aromatic nitrogens is 1. The summed E-state index contributed by atoms with van der Waals surface area (Å²) >= 11 is 0. The molecular weight excluding hydrogens is 226 g/mol. The molecule has 1 aliphatic heterocycles. The Bertz CT molecular complexity index is 386. The Hall–Kier alpha value is -1.03. The zero-order valence-electron chi connectivity index (χ0n) is 11.2. The van der Waals surface area contributed by atoms with Gasteiger partial charge in [-0.25, -0.2) is 0 Å². The van der Waals surface area contributed by atoms with Gasteiger partial charge in [-0.1, -0.05) is 12.8 Å². The van der Waals surface area contributed by atoms with Gasteiger partial charge in [-0.3, -0.25) is 0 Å². The highest BCUT2D eigenvalue weighted by Gasteiger charge is 2.23. The SMILES string of the molecule is CC1CCCCCN1c1nc(CNC2CC2)co1. The lowest BCUT2D eigenvalue weighted by atomic mass is 10.1. The molecule has 0 spiro atoms. The molecule has 1 unspecified atom stereocenters. The number of nitrogens with zero attached hydrogens (tertiary/aromatic N) is 2. The van der Waals surface area contributed by atoms with Crippen molar-refractivity contribution in [1.29, 1.82) is 0 Å². The van der Waals surface area contributed by atoms with Crippen LogP contribution in [0.2, 0.25) is 0 Å². The van der Waals surface area contributed by atoms with Gasteiger partial charge in [0, 0.05) is 25.2 Å². The van der Waals surface area contributed by atoms with Crippen molar-refractivity contribution in [2.45, 2.75) is 64.1 Å². The average Bonchev–Trinajstić information content (AvgIpc) is 3.13. The average molecular weight is 249 g/mol. The number of nitrogens with one attached hydrogen (secondary N) is 1. The Morgan fingerprint density at radius 1 is 1.33 bits per heavy atom. The van der Waals surface area contributed by atoms with E-state index in [9.17, 15) is 0 Å². The summed E-state index contributed by atoms with van der Waals surface area (Å²) in [6, 6.07) is 2.09. The van der Waals surface area contributed by atoms with E-state index < -0.39 is 0 Å². The smallest absolute Gasteiger partial charge is 0.297 e. The van der Waals surface area contributed by atoms with E-state index in [1.165, 1.54) is 38.5 Å². The highest BCUT2D eigenvalue weighted by Crippen LogP contribution is 2.24. The fourth-order valence-electron chi connectivity index (χ4n) is 2.60. The van der Waals surface area contributed by atoms with Gasteiger partial charge in [0.15, 0.2) is 0 Å². The van der Waals surface area contributed by atoms with Crippen LogP contribution in [-0.2, 0) is 6.54 Å². The summed E-state index contributed by atoms with van der Waals surface area (Å²) in [5.74, 6) is 0. The first kappa shape index (κ1) is 12.0. The van der Waals surface area contributed by atoms with E-state index in [-0.39, 0.29) is 0 Å². The van der Waals surface area contributed by atoms with Crippen molar-refractivity contribution >= 4 is 6.01 Å². The van der Waals surface area contributed by atoms with Gasteiger partial charge >= 0.3 is 0 Å². The minimum atomic E-state index is 0.551. The number of hydrogen-bond acceptors (Lipinski definition) is 4. The van der Waals surface area contributed by atoms with Crippen molar-refractivity contribution in [3.63, 3.8) is 0 Å². The molecule has 1 N–H and O–H groups in total. The molecule has 0 amide bonds. The van der Waals surface area contributed by atoms with Gasteiger partial charge in [-0.05, 0) is 32.6 Å². The first-order chi connectivity index (χ1) is 8.83. The van der Waals surface area contributed by atoms with Crippen LogP contribution in [0.3, 0.4) is 0 Å². The lowest BCUT2D eigenvalue weighted by molar-refractivity contribution is 0.501. The molecule has 2 fully saturated rings. The fourth-order valence-corrected chi connectivity index (χ4v) is 2.60. The first-order valence-electron chi connectivity index (χ1n) is 7.27. The van der Waals surface area contributed by atoms with E-state index in [4.69, 9.17) is 4.42 Å². The van der Waals surface area contributed by atoms with Crippen LogP contribution in [-0.4, -0.2) is 23.6 Å². The van der Waals surface area contributed by atoms with Crippen molar-refractivity contribution in [3.8, 4) is 0 Å². The molecule has 0 aromatic carbocycles. The minimum absolute atomic E-state index is 0.551. The fraction of sp³-hybridized carbons (Fsp3) is 0.786. The predicted molar refractivity (Wildman–Crippen MR) is 71.6 cm³/mol. The summed E-state index contributed by atoms with van der Waals surface area (Å²) in [4.78, 5) is 6.95. The van der Waals surface area contributed by atoms with E-state index in [2.05, 4.69) is 22.1 Å². The van der Waals surface area contributed by atoms with Crippen LogP contribution in [0.4, 0.5) is 6.01 Å². The van der Waals surface area contributed by atoms with E-state index >= 15 is 0 Å². The van der Waals surface area contributed by atoms with Crippen molar-refractivity contribution < 1.29 is 4.42 Å². The summed E-state index contributed by atoms with van der Waals surface area (Å²) < 4.78 is 5.66. The monoisotopic (exact) mass is 249 g/mol. The molecule has 100 valence electrons. The van der Waals surface area contributed by atoms with Crippen molar-refractivity contribution in [3.05, 3.63) is 12.0 Å². The Balaban J connectivity index is 1.62. The topological polar surface area (TPSA) is 41.3 Å². The van der Waals surface area contributed by atoms with E-state index in [1.807, 2.05) is 6.26 Å². The molecule has 4 heteroatoms. The highest BCUT2D eigenvalue weighted by molar-refractivity contribution is 5.29. The Kier molecular flexibility index (Phi) is 3.55. The lowest BCUT2D eigenvalue weighted by Crippen LogP contribution is -2.32. The molecule has 4 nitrogen and oxygen atoms in total. The number of rotatable bonds is 4. The van der Waals surface area contributed by atoms with Gasteiger partial charge < -0.3 is 14.6 Å². The van der Waals surface area contributed by atoms with Gasteiger partial charge in [0.2, 0.25) is 0 Å². The quantitative estimate of drug-likeness (QED) is 0.890. The van der Waals surface area contributed by atoms with Crippen molar-refractivity contribution in [1.82, 2.24) is 10.3 Å². The van der Waals surface area contributed by atoms with E-state index in [0.29, 0.717) is 6.04 Å². The molecule has 1 aliphatic carbocycles. The maximum Gasteiger partial charge on any atom is 0.297 e. The second-order valence-electron chi connectivity index (χ2n) is 5.67. The minimum Gasteiger partial charge on any atom is -0.432 e. The zero-order chi connectivity index (χ0) is 12.4. The zero-order valence-corrected chi connectivity index (χ0v) is 11.2. The molecule has 2 heterocycles. The van der Waals surface area contributed by atoms with Crippen LogP contribution < -0.4 is 10.2 Å². The normalized spacial score (nSPS) is 25.2. The van der Waals surface area contributed by atoms with E-state index in [0.717, 1.165) is 30.8 Å².